The molecule has 1 amide bonds. The maximum absolute atomic E-state index is 12.3. The number of carbonyl (C=O) groups excluding carboxylic acids is 1. The molecule has 2 heterocycles. The number of aromatic carboxylic acids is 1. The Bertz CT molecular complexity index is 532. The Morgan fingerprint density at radius 1 is 1.33 bits per heavy atom. The van der Waals surface area contributed by atoms with Gasteiger partial charge in [0.15, 0.2) is 0 Å². The van der Waals surface area contributed by atoms with Crippen molar-refractivity contribution < 1.29 is 19.4 Å². The van der Waals surface area contributed by atoms with Gasteiger partial charge in [-0.2, -0.15) is 0 Å². The number of hydrogen-bond donors (Lipinski definition) is 1. The van der Waals surface area contributed by atoms with Gasteiger partial charge in [-0.15, -0.1) is 11.3 Å². The highest BCUT2D eigenvalue weighted by Crippen LogP contribution is 2.35. The van der Waals surface area contributed by atoms with Crippen LogP contribution in [-0.4, -0.2) is 34.2 Å². The van der Waals surface area contributed by atoms with E-state index in [-0.39, 0.29) is 12.1 Å². The largest absolute Gasteiger partial charge is 0.477 e. The Morgan fingerprint density at radius 2 is 2.05 bits per heavy atom. The molecule has 1 aliphatic heterocycles. The lowest BCUT2D eigenvalue weighted by atomic mass is 10.0. The molecule has 1 aromatic rings. The highest BCUT2D eigenvalue weighted by atomic mass is 32.1. The van der Waals surface area contributed by atoms with Crippen LogP contribution in [0.5, 0.6) is 0 Å². The van der Waals surface area contributed by atoms with Crippen molar-refractivity contribution in [3.05, 3.63) is 21.9 Å². The van der Waals surface area contributed by atoms with Crippen molar-refractivity contribution in [1.82, 2.24) is 4.90 Å². The van der Waals surface area contributed by atoms with Crippen LogP contribution >= 0.6 is 11.3 Å². The zero-order chi connectivity index (χ0) is 15.6. The highest BCUT2D eigenvalue weighted by Gasteiger charge is 2.32. The first-order valence-corrected chi connectivity index (χ1v) is 7.92. The van der Waals surface area contributed by atoms with E-state index in [1.165, 1.54) is 11.3 Å². The average molecular weight is 311 g/mol. The Labute approximate surface area is 128 Å². The average Bonchev–Trinajstić information content (AvgIpc) is 2.86. The molecule has 1 N–H and O–H groups in total. The Balaban J connectivity index is 2.18. The van der Waals surface area contributed by atoms with E-state index in [2.05, 4.69) is 0 Å². The summed E-state index contributed by atoms with van der Waals surface area (Å²) in [6, 6.07) is 3.33. The molecule has 5 nitrogen and oxygen atoms in total. The number of likely N-dealkylation sites (tertiary alicyclic amines) is 1. The number of carbonyl (C=O) groups is 2. The van der Waals surface area contributed by atoms with Gasteiger partial charge in [-0.05, 0) is 52.2 Å². The third kappa shape index (κ3) is 3.97. The molecule has 0 aromatic carbocycles. The summed E-state index contributed by atoms with van der Waals surface area (Å²) in [6.07, 6.45) is 2.51. The topological polar surface area (TPSA) is 66.8 Å². The lowest BCUT2D eigenvalue weighted by Crippen LogP contribution is -2.41. The normalized spacial score (nSPS) is 19.4. The van der Waals surface area contributed by atoms with Crippen molar-refractivity contribution >= 4 is 23.4 Å². The van der Waals surface area contributed by atoms with Crippen molar-refractivity contribution in [3.63, 3.8) is 0 Å². The minimum absolute atomic E-state index is 0.0771. The fraction of sp³-hybridized carbons (Fsp3) is 0.600. The summed E-state index contributed by atoms with van der Waals surface area (Å²) < 4.78 is 5.46. The van der Waals surface area contributed by atoms with Crippen LogP contribution in [0.2, 0.25) is 0 Å². The van der Waals surface area contributed by atoms with E-state index in [0.29, 0.717) is 11.4 Å². The standard InChI is InChI=1S/C15H21NO4S/c1-15(2,3)20-14(19)16-9-5-4-6-10(16)11-7-8-12(21-11)13(17)18/h7-8,10H,4-6,9H2,1-3H3,(H,17,18)/t10-/m0/s1. The van der Waals surface area contributed by atoms with Gasteiger partial charge in [-0.25, -0.2) is 9.59 Å². The lowest BCUT2D eigenvalue weighted by Gasteiger charge is -2.36. The van der Waals surface area contributed by atoms with Gasteiger partial charge in [-0.3, -0.25) is 0 Å². The molecule has 0 unspecified atom stereocenters. The number of amides is 1. The minimum atomic E-state index is -0.925. The van der Waals surface area contributed by atoms with Gasteiger partial charge in [0.1, 0.15) is 10.5 Å². The lowest BCUT2D eigenvalue weighted by molar-refractivity contribution is 0.00993. The molecular weight excluding hydrogens is 290 g/mol. The summed E-state index contributed by atoms with van der Waals surface area (Å²) in [5.41, 5.74) is -0.527. The Morgan fingerprint density at radius 3 is 2.62 bits per heavy atom. The number of thiophene rings is 1. The number of carboxylic acid groups (broad SMARTS) is 1. The smallest absolute Gasteiger partial charge is 0.410 e. The molecule has 1 aromatic heterocycles. The van der Waals surface area contributed by atoms with Gasteiger partial charge in [0.05, 0.1) is 6.04 Å². The van der Waals surface area contributed by atoms with E-state index in [4.69, 9.17) is 9.84 Å². The summed E-state index contributed by atoms with van der Waals surface area (Å²) in [7, 11) is 0. The van der Waals surface area contributed by atoms with Gasteiger partial charge in [-0.1, -0.05) is 0 Å². The summed E-state index contributed by atoms with van der Waals surface area (Å²) >= 11 is 1.24. The van der Waals surface area contributed by atoms with E-state index in [0.717, 1.165) is 24.1 Å². The van der Waals surface area contributed by atoms with Crippen LogP contribution in [0.15, 0.2) is 12.1 Å². The molecule has 0 spiro atoms. The quantitative estimate of drug-likeness (QED) is 0.899. The second kappa shape index (κ2) is 6.05. The third-order valence-electron chi connectivity index (χ3n) is 3.30. The first-order chi connectivity index (χ1) is 9.78. The molecule has 0 aliphatic carbocycles. The van der Waals surface area contributed by atoms with Crippen LogP contribution in [-0.2, 0) is 4.74 Å². The SMILES string of the molecule is CC(C)(C)OC(=O)N1CCCC[C@H]1c1ccc(C(=O)O)s1. The third-order valence-corrected chi connectivity index (χ3v) is 4.47. The zero-order valence-corrected chi connectivity index (χ0v) is 13.4. The summed E-state index contributed by atoms with van der Waals surface area (Å²) in [5, 5.41) is 9.03. The zero-order valence-electron chi connectivity index (χ0n) is 12.6. The molecule has 21 heavy (non-hydrogen) atoms. The maximum Gasteiger partial charge on any atom is 0.410 e. The summed E-state index contributed by atoms with van der Waals surface area (Å²) in [4.78, 5) is 26.3. The Kier molecular flexibility index (Phi) is 4.56. The van der Waals surface area contributed by atoms with E-state index in [9.17, 15) is 9.59 Å². The molecule has 0 bridgehead atoms. The van der Waals surface area contributed by atoms with Crippen molar-refractivity contribution in [3.8, 4) is 0 Å². The van der Waals surface area contributed by atoms with Gasteiger partial charge in [0.25, 0.3) is 0 Å². The number of carboxylic acids is 1. The molecule has 1 atom stereocenters. The van der Waals surface area contributed by atoms with Gasteiger partial charge >= 0.3 is 12.1 Å². The second-order valence-corrected chi connectivity index (χ2v) is 7.31. The van der Waals surface area contributed by atoms with E-state index in [1.54, 1.807) is 11.0 Å². The molecule has 116 valence electrons. The number of hydrogen-bond acceptors (Lipinski definition) is 4. The molecular formula is C15H21NO4S. The van der Waals surface area contributed by atoms with Crippen LogP contribution in [0.3, 0.4) is 0 Å². The van der Waals surface area contributed by atoms with Crippen LogP contribution in [0, 0.1) is 0 Å². The molecule has 2 rings (SSSR count). The van der Waals surface area contributed by atoms with Crippen LogP contribution in [0.1, 0.15) is 60.6 Å². The maximum atomic E-state index is 12.3. The van der Waals surface area contributed by atoms with Crippen molar-refractivity contribution in [2.24, 2.45) is 0 Å². The van der Waals surface area contributed by atoms with E-state index >= 15 is 0 Å². The highest BCUT2D eigenvalue weighted by molar-refractivity contribution is 7.14. The Hall–Kier alpha value is -1.56. The first-order valence-electron chi connectivity index (χ1n) is 7.10. The monoisotopic (exact) mass is 311 g/mol. The number of nitrogens with zero attached hydrogens (tertiary/aromatic N) is 1. The minimum Gasteiger partial charge on any atom is -0.477 e. The van der Waals surface area contributed by atoms with Crippen LogP contribution < -0.4 is 0 Å². The summed E-state index contributed by atoms with van der Waals surface area (Å²) in [6.45, 7) is 6.19. The molecule has 0 saturated carbocycles. The van der Waals surface area contributed by atoms with Crippen LogP contribution in [0.4, 0.5) is 4.79 Å². The molecule has 1 fully saturated rings. The molecule has 1 aliphatic rings. The van der Waals surface area contributed by atoms with Crippen molar-refractivity contribution in [2.75, 3.05) is 6.54 Å². The van der Waals surface area contributed by atoms with E-state index in [1.807, 2.05) is 26.8 Å². The number of piperidine rings is 1. The number of ether oxygens (including phenoxy) is 1. The predicted octanol–water partition coefficient (Wildman–Crippen LogP) is 3.91. The number of rotatable bonds is 2. The van der Waals surface area contributed by atoms with Crippen LogP contribution in [0.25, 0.3) is 0 Å². The first kappa shape index (κ1) is 15.8. The fourth-order valence-corrected chi connectivity index (χ4v) is 3.41. The second-order valence-electron chi connectivity index (χ2n) is 6.19. The van der Waals surface area contributed by atoms with Crippen molar-refractivity contribution in [2.45, 2.75) is 51.7 Å². The molecule has 0 radical (unpaired) electrons. The van der Waals surface area contributed by atoms with Gasteiger partial charge in [0, 0.05) is 11.4 Å². The fourth-order valence-electron chi connectivity index (χ4n) is 2.41. The van der Waals surface area contributed by atoms with Gasteiger partial charge < -0.3 is 14.7 Å². The van der Waals surface area contributed by atoms with Gasteiger partial charge in [0.2, 0.25) is 0 Å². The summed E-state index contributed by atoms with van der Waals surface area (Å²) in [5.74, 6) is -0.925. The van der Waals surface area contributed by atoms with Crippen molar-refractivity contribution in [1.29, 1.82) is 0 Å². The predicted molar refractivity (Wildman–Crippen MR) is 80.8 cm³/mol. The molecule has 1 saturated heterocycles. The van der Waals surface area contributed by atoms with E-state index < -0.39 is 11.6 Å². The molecule has 6 heteroatoms.